The van der Waals surface area contributed by atoms with Crippen LogP contribution in [0.3, 0.4) is 0 Å². The second-order valence-electron chi connectivity index (χ2n) is 7.91. The molecule has 1 atom stereocenters. The lowest BCUT2D eigenvalue weighted by Crippen LogP contribution is -2.22. The number of Topliss-reactive ketones (excluding diaryl/α,β-unsaturated/α-hetero) is 1. The molecule has 0 saturated heterocycles. The van der Waals surface area contributed by atoms with Gasteiger partial charge in [0.15, 0.2) is 5.78 Å². The summed E-state index contributed by atoms with van der Waals surface area (Å²) in [5.41, 5.74) is 2.47. The number of benzene rings is 3. The maximum absolute atomic E-state index is 14.0. The highest BCUT2D eigenvalue weighted by molar-refractivity contribution is 6.30. The van der Waals surface area contributed by atoms with Gasteiger partial charge in [0.25, 0.3) is 0 Å². The van der Waals surface area contributed by atoms with E-state index in [4.69, 9.17) is 35.7 Å². The standard InChI is InChI=1S/C27H27ClN2O6/c1-33-18-5-7-21-23(15-29-24(21)14-18)27(32)26(22-6-4-16(28)10-25(22)35-3)30-17-11-19(34-2)13-20(12-17)36-9-8-31/h4-7,10-15,26,29-31H,8-9H2,1-3H3. The first-order valence-corrected chi connectivity index (χ1v) is 11.6. The molecular weight excluding hydrogens is 484 g/mol. The van der Waals surface area contributed by atoms with Crippen LogP contribution in [0.15, 0.2) is 60.8 Å². The van der Waals surface area contributed by atoms with Crippen LogP contribution >= 0.6 is 11.6 Å². The summed E-state index contributed by atoms with van der Waals surface area (Å²) in [6.07, 6.45) is 1.69. The van der Waals surface area contributed by atoms with Crippen molar-refractivity contribution in [3.05, 3.63) is 76.9 Å². The fourth-order valence-corrected chi connectivity index (χ4v) is 4.15. The predicted molar refractivity (Wildman–Crippen MR) is 139 cm³/mol. The van der Waals surface area contributed by atoms with Crippen molar-refractivity contribution in [1.29, 1.82) is 0 Å². The van der Waals surface area contributed by atoms with Crippen molar-refractivity contribution in [1.82, 2.24) is 4.98 Å². The summed E-state index contributed by atoms with van der Waals surface area (Å²) < 4.78 is 21.9. The Morgan fingerprint density at radius 1 is 0.972 bits per heavy atom. The molecule has 0 radical (unpaired) electrons. The molecule has 188 valence electrons. The Hall–Kier alpha value is -3.88. The number of aromatic amines is 1. The number of halogens is 1. The number of aliphatic hydroxyl groups excluding tert-OH is 1. The second-order valence-corrected chi connectivity index (χ2v) is 8.35. The van der Waals surface area contributed by atoms with Gasteiger partial charge in [-0.1, -0.05) is 17.7 Å². The number of rotatable bonds is 11. The summed E-state index contributed by atoms with van der Waals surface area (Å²) in [4.78, 5) is 17.2. The first kappa shape index (κ1) is 25.2. The summed E-state index contributed by atoms with van der Waals surface area (Å²) in [6.45, 7) is -0.00676. The van der Waals surface area contributed by atoms with E-state index in [1.807, 2.05) is 18.2 Å². The van der Waals surface area contributed by atoms with E-state index in [2.05, 4.69) is 10.3 Å². The van der Waals surface area contributed by atoms with E-state index >= 15 is 0 Å². The molecule has 1 unspecified atom stereocenters. The maximum atomic E-state index is 14.0. The van der Waals surface area contributed by atoms with Gasteiger partial charge < -0.3 is 34.4 Å². The third-order valence-electron chi connectivity index (χ3n) is 5.71. The van der Waals surface area contributed by atoms with Gasteiger partial charge in [-0.15, -0.1) is 0 Å². The number of aromatic nitrogens is 1. The summed E-state index contributed by atoms with van der Waals surface area (Å²) in [7, 11) is 4.66. The molecule has 8 nitrogen and oxygen atoms in total. The molecule has 0 amide bonds. The molecular formula is C27H27ClN2O6. The van der Waals surface area contributed by atoms with E-state index in [9.17, 15) is 4.79 Å². The van der Waals surface area contributed by atoms with E-state index in [1.165, 1.54) is 7.11 Å². The number of ether oxygens (including phenoxy) is 4. The minimum Gasteiger partial charge on any atom is -0.497 e. The Morgan fingerprint density at radius 2 is 1.75 bits per heavy atom. The number of anilines is 1. The molecule has 1 aromatic heterocycles. The van der Waals surface area contributed by atoms with Crippen LogP contribution < -0.4 is 24.3 Å². The van der Waals surface area contributed by atoms with Crippen molar-refractivity contribution in [2.45, 2.75) is 6.04 Å². The van der Waals surface area contributed by atoms with Crippen molar-refractivity contribution >= 4 is 34.0 Å². The molecule has 0 aliphatic rings. The van der Waals surface area contributed by atoms with Crippen LogP contribution in [0.25, 0.3) is 10.9 Å². The van der Waals surface area contributed by atoms with Crippen LogP contribution in [0.4, 0.5) is 5.69 Å². The monoisotopic (exact) mass is 510 g/mol. The van der Waals surface area contributed by atoms with Crippen molar-refractivity contribution < 1.29 is 28.8 Å². The molecule has 36 heavy (non-hydrogen) atoms. The van der Waals surface area contributed by atoms with Crippen molar-refractivity contribution in [3.8, 4) is 23.0 Å². The second kappa shape index (κ2) is 11.2. The SMILES string of the molecule is COc1cc(NC(C(=O)c2c[nH]c3cc(OC)ccc23)c2ccc(Cl)cc2OC)cc(OCCO)c1. The molecule has 0 bridgehead atoms. The van der Waals surface area contributed by atoms with Gasteiger partial charge in [0.1, 0.15) is 35.6 Å². The number of aliphatic hydroxyl groups is 1. The lowest BCUT2D eigenvalue weighted by Gasteiger charge is -2.22. The normalized spacial score (nSPS) is 11.7. The van der Waals surface area contributed by atoms with E-state index in [-0.39, 0.29) is 19.0 Å². The number of carbonyl (C=O) groups is 1. The summed E-state index contributed by atoms with van der Waals surface area (Å²) >= 11 is 6.20. The Balaban J connectivity index is 1.80. The summed E-state index contributed by atoms with van der Waals surface area (Å²) in [5, 5.41) is 13.7. The Kier molecular flexibility index (Phi) is 7.87. The van der Waals surface area contributed by atoms with Crippen LogP contribution in [0.5, 0.6) is 23.0 Å². The van der Waals surface area contributed by atoms with E-state index in [0.29, 0.717) is 44.8 Å². The molecule has 4 rings (SSSR count). The number of H-pyrrole nitrogens is 1. The molecule has 0 fully saturated rings. The molecule has 0 aliphatic carbocycles. The van der Waals surface area contributed by atoms with Crippen LogP contribution in [-0.2, 0) is 0 Å². The number of methoxy groups -OCH3 is 3. The predicted octanol–water partition coefficient (Wildman–Crippen LogP) is 5.25. The highest BCUT2D eigenvalue weighted by Crippen LogP contribution is 2.36. The number of nitrogens with one attached hydrogen (secondary N) is 2. The van der Waals surface area contributed by atoms with Crippen LogP contribution in [0, 0.1) is 0 Å². The smallest absolute Gasteiger partial charge is 0.191 e. The van der Waals surface area contributed by atoms with Gasteiger partial charge in [-0.25, -0.2) is 0 Å². The highest BCUT2D eigenvalue weighted by atomic mass is 35.5. The zero-order chi connectivity index (χ0) is 25.7. The largest absolute Gasteiger partial charge is 0.497 e. The first-order chi connectivity index (χ1) is 17.5. The highest BCUT2D eigenvalue weighted by Gasteiger charge is 2.28. The molecule has 0 spiro atoms. The third-order valence-corrected chi connectivity index (χ3v) is 5.94. The lowest BCUT2D eigenvalue weighted by atomic mass is 9.95. The Labute approximate surface area is 213 Å². The van der Waals surface area contributed by atoms with Gasteiger partial charge in [0.05, 0.1) is 27.9 Å². The zero-order valence-corrected chi connectivity index (χ0v) is 20.9. The first-order valence-electron chi connectivity index (χ1n) is 11.2. The Morgan fingerprint density at radius 3 is 2.47 bits per heavy atom. The molecule has 1 heterocycles. The molecule has 3 aromatic carbocycles. The van der Waals surface area contributed by atoms with E-state index < -0.39 is 6.04 Å². The van der Waals surface area contributed by atoms with Gasteiger partial charge in [0, 0.05) is 63.2 Å². The summed E-state index contributed by atoms with van der Waals surface area (Å²) in [6, 6.07) is 15.0. The van der Waals surface area contributed by atoms with Crippen LogP contribution in [-0.4, -0.2) is 50.4 Å². The molecule has 4 aromatic rings. The zero-order valence-electron chi connectivity index (χ0n) is 20.1. The van der Waals surface area contributed by atoms with Gasteiger partial charge >= 0.3 is 0 Å². The van der Waals surface area contributed by atoms with Crippen LogP contribution in [0.1, 0.15) is 22.0 Å². The van der Waals surface area contributed by atoms with E-state index in [0.717, 1.165) is 10.9 Å². The average Bonchev–Trinajstić information content (AvgIpc) is 3.33. The van der Waals surface area contributed by atoms with Gasteiger partial charge in [-0.05, 0) is 24.3 Å². The van der Waals surface area contributed by atoms with Crippen molar-refractivity contribution in [3.63, 3.8) is 0 Å². The van der Waals surface area contributed by atoms with Crippen molar-refractivity contribution in [2.24, 2.45) is 0 Å². The molecule has 0 saturated carbocycles. The average molecular weight is 511 g/mol. The fraction of sp³-hybridized carbons (Fsp3) is 0.222. The van der Waals surface area contributed by atoms with E-state index in [1.54, 1.807) is 56.8 Å². The number of hydrogen-bond acceptors (Lipinski definition) is 7. The molecule has 0 aliphatic heterocycles. The quantitative estimate of drug-likeness (QED) is 0.237. The Bertz CT molecular complexity index is 1370. The van der Waals surface area contributed by atoms with Gasteiger partial charge in [-0.2, -0.15) is 0 Å². The minimum absolute atomic E-state index is 0.124. The summed E-state index contributed by atoms with van der Waals surface area (Å²) in [5.74, 6) is 1.98. The lowest BCUT2D eigenvalue weighted by molar-refractivity contribution is 0.0970. The fourth-order valence-electron chi connectivity index (χ4n) is 3.99. The number of fused-ring (bicyclic) bond motifs is 1. The van der Waals surface area contributed by atoms with Gasteiger partial charge in [-0.3, -0.25) is 4.79 Å². The van der Waals surface area contributed by atoms with Crippen LogP contribution in [0.2, 0.25) is 5.02 Å². The number of hydrogen-bond donors (Lipinski definition) is 3. The minimum atomic E-state index is -0.837. The number of carbonyl (C=O) groups excluding carboxylic acids is 1. The van der Waals surface area contributed by atoms with Crippen molar-refractivity contribution in [2.75, 3.05) is 39.9 Å². The number of ketones is 1. The third kappa shape index (κ3) is 5.35. The molecule has 3 N–H and O–H groups in total. The van der Waals surface area contributed by atoms with Gasteiger partial charge in [0.2, 0.25) is 0 Å². The molecule has 9 heteroatoms. The maximum Gasteiger partial charge on any atom is 0.191 e. The topological polar surface area (TPSA) is 102 Å².